The third kappa shape index (κ3) is 9.13. The molecule has 0 aromatic carbocycles. The smallest absolute Gasteiger partial charge is 0.394 e. The average molecular weight is 777 g/mol. The summed E-state index contributed by atoms with van der Waals surface area (Å²) in [5.41, 5.74) is -1.06. The molecule has 10 atom stereocenters. The molecule has 3 aromatic heterocycles. The summed E-state index contributed by atoms with van der Waals surface area (Å²) in [6, 6.07) is 2.43. The lowest BCUT2D eigenvalue weighted by Crippen LogP contribution is -2.33. The highest BCUT2D eigenvalue weighted by Gasteiger charge is 2.52. The number of carbonyl (C=O) groups excluding carboxylic acids is 1. The highest BCUT2D eigenvalue weighted by atomic mass is 32.5. The summed E-state index contributed by atoms with van der Waals surface area (Å²) in [6.45, 7) is -2.40. The number of nitriles is 1. The van der Waals surface area contributed by atoms with E-state index in [0.717, 1.165) is 10.9 Å². The number of nitrogens with zero attached hydrogens (tertiary/aromatic N) is 6. The van der Waals surface area contributed by atoms with E-state index in [4.69, 9.17) is 39.9 Å². The predicted molar refractivity (Wildman–Crippen MR) is 176 cm³/mol. The minimum atomic E-state index is -4.09. The molecule has 2 aliphatic rings. The number of nitrogens with one attached hydrogen (secondary N) is 3. The molecule has 5 N–H and O–H groups in total. The molecule has 1 aliphatic heterocycles. The molecule has 24 heteroatoms. The number of hydrogen-bond acceptors (Lipinski definition) is 16. The second-order valence-electron chi connectivity index (χ2n) is 11.7. The first-order chi connectivity index (χ1) is 24.3. The summed E-state index contributed by atoms with van der Waals surface area (Å²) in [5.74, 6) is -1.75. The highest BCUT2D eigenvalue weighted by Crippen LogP contribution is 2.55. The summed E-state index contributed by atoms with van der Waals surface area (Å²) in [5, 5.41) is 24.4. The van der Waals surface area contributed by atoms with Gasteiger partial charge in [-0.2, -0.15) is 10.2 Å². The summed E-state index contributed by atoms with van der Waals surface area (Å²) >= 11 is 5.63. The van der Waals surface area contributed by atoms with E-state index in [1.165, 1.54) is 18.6 Å². The van der Waals surface area contributed by atoms with Crippen LogP contribution < -0.4 is 16.2 Å². The average Bonchev–Trinajstić information content (AvgIpc) is 3.74. The van der Waals surface area contributed by atoms with Crippen molar-refractivity contribution in [3.8, 4) is 6.07 Å². The van der Waals surface area contributed by atoms with E-state index in [1.54, 1.807) is 13.8 Å². The molecular weight excluding hydrogens is 742 g/mol. The minimum absolute atomic E-state index is 0.00303. The van der Waals surface area contributed by atoms with Gasteiger partial charge in [0.1, 0.15) is 24.4 Å². The van der Waals surface area contributed by atoms with Crippen molar-refractivity contribution in [1.82, 2.24) is 29.5 Å². The number of aromatic nitrogens is 6. The van der Waals surface area contributed by atoms with Crippen molar-refractivity contribution < 1.29 is 51.0 Å². The predicted octanol–water partition coefficient (Wildman–Crippen LogP) is 2.16. The zero-order valence-corrected chi connectivity index (χ0v) is 29.5. The Morgan fingerprint density at radius 3 is 2.76 bits per heavy atom. The van der Waals surface area contributed by atoms with Gasteiger partial charge in [-0.15, -0.1) is 9.42 Å². The molecule has 1 saturated heterocycles. The minimum Gasteiger partial charge on any atom is -0.394 e. The van der Waals surface area contributed by atoms with Crippen LogP contribution in [0.5, 0.6) is 0 Å². The SMILES string of the molecule is CC(C)C(=O)Nc1nc2c(ncn2[C@@H]2O[C@H](CO)[C@@H](F)[C@H]2O[P@](=S)(OCCC#N)OC[C@H]2C[C@@H](Nc3ccncn3)[C@H](F)[C@@H]2O[P+](=O)O)c(=O)[nH]1. The second kappa shape index (κ2) is 16.9. The Balaban J connectivity index is 1.42. The molecule has 1 unspecified atom stereocenters. The first-order valence-electron chi connectivity index (χ1n) is 15.5. The number of fused-ring (bicyclic) bond motifs is 1. The maximum absolute atomic E-state index is 16.0. The van der Waals surface area contributed by atoms with Gasteiger partial charge in [0, 0.05) is 22.6 Å². The van der Waals surface area contributed by atoms with Crippen molar-refractivity contribution in [2.24, 2.45) is 11.8 Å². The Morgan fingerprint density at radius 1 is 1.31 bits per heavy atom. The summed E-state index contributed by atoms with van der Waals surface area (Å²) < 4.78 is 72.8. The van der Waals surface area contributed by atoms with Gasteiger partial charge in [0.15, 0.2) is 35.8 Å². The summed E-state index contributed by atoms with van der Waals surface area (Å²) in [6.07, 6.45) is -6.33. The Labute approximate surface area is 294 Å². The normalized spacial score (nSPS) is 27.7. The largest absolute Gasteiger partial charge is 0.695 e. The molecule has 4 heterocycles. The number of amides is 1. The molecule has 1 aliphatic carbocycles. The number of rotatable bonds is 16. The van der Waals surface area contributed by atoms with E-state index in [0.29, 0.717) is 0 Å². The zero-order chi connectivity index (χ0) is 36.9. The first kappa shape index (κ1) is 38.7. The third-order valence-electron chi connectivity index (χ3n) is 7.92. The van der Waals surface area contributed by atoms with Gasteiger partial charge in [0.25, 0.3) is 5.56 Å². The van der Waals surface area contributed by atoms with Gasteiger partial charge >= 0.3 is 15.0 Å². The number of aliphatic hydroxyl groups is 1. The molecule has 276 valence electrons. The van der Waals surface area contributed by atoms with Crippen molar-refractivity contribution in [2.45, 2.75) is 69.6 Å². The van der Waals surface area contributed by atoms with E-state index in [9.17, 15) is 24.2 Å². The van der Waals surface area contributed by atoms with E-state index >= 15 is 8.78 Å². The summed E-state index contributed by atoms with van der Waals surface area (Å²) in [4.78, 5) is 53.1. The number of alkyl halides is 2. The number of hydrogen-bond donors (Lipinski definition) is 5. The van der Waals surface area contributed by atoms with Crippen LogP contribution in [-0.2, 0) is 44.0 Å². The fourth-order valence-corrected chi connectivity index (χ4v) is 8.05. The molecule has 0 bridgehead atoms. The number of aliphatic hydroxyl groups excluding tert-OH is 1. The lowest BCUT2D eigenvalue weighted by molar-refractivity contribution is -0.118. The standard InChI is InChI=1S/C27H33F2N9O10P2S/c1-13(2)24(40)36-27-35-23-20(25(41)37-27)33-12-38(23)26-22(19(29)16(9-39)46-26)48-50(51,44-7-3-5-30)45-10-14-8-15(18(28)21(14)47-49(42)43)34-17-4-6-31-11-32-17/h4,6,11-16,18-19,21-22,26,39H,3,7-10H2,1-2H3,(H3-,31,32,34,35,36,37,40,41,42,43)/p+1/t14-,15-,16-,18+,19-,21-,22-,26-,50+/m1/s1. The number of H-pyrrole nitrogens is 1. The van der Waals surface area contributed by atoms with Gasteiger partial charge in [0.05, 0.1) is 44.7 Å². The fraction of sp³-hybridized carbons (Fsp3) is 0.593. The van der Waals surface area contributed by atoms with Crippen LogP contribution in [0.2, 0.25) is 0 Å². The third-order valence-corrected chi connectivity index (χ3v) is 10.7. The fourth-order valence-electron chi connectivity index (χ4n) is 5.44. The molecule has 2 fully saturated rings. The van der Waals surface area contributed by atoms with Crippen LogP contribution in [0.4, 0.5) is 20.5 Å². The second-order valence-corrected chi connectivity index (χ2v) is 15.4. The van der Waals surface area contributed by atoms with Crippen LogP contribution >= 0.6 is 15.0 Å². The number of anilines is 2. The maximum Gasteiger partial charge on any atom is 0.695 e. The van der Waals surface area contributed by atoms with Crippen molar-refractivity contribution in [2.75, 3.05) is 30.5 Å². The number of imidazole rings is 1. The topological polar surface area (TPSA) is 258 Å². The monoisotopic (exact) mass is 776 g/mol. The number of carbonyl (C=O) groups is 1. The van der Waals surface area contributed by atoms with Gasteiger partial charge in [-0.3, -0.25) is 29.0 Å². The first-order valence-corrected chi connectivity index (χ1v) is 19.1. The Hall–Kier alpha value is -3.48. The number of aromatic amines is 1. The van der Waals surface area contributed by atoms with Gasteiger partial charge in [-0.25, -0.2) is 23.7 Å². The molecule has 5 rings (SSSR count). The van der Waals surface area contributed by atoms with Crippen LogP contribution in [0.15, 0.2) is 29.7 Å². The number of halogens is 2. The quantitative estimate of drug-likeness (QED) is 0.103. The van der Waals surface area contributed by atoms with Gasteiger partial charge in [0.2, 0.25) is 11.9 Å². The van der Waals surface area contributed by atoms with Crippen molar-refractivity contribution in [3.63, 3.8) is 0 Å². The molecule has 3 aromatic rings. The summed E-state index contributed by atoms with van der Waals surface area (Å²) in [7, 11) is -3.24. The van der Waals surface area contributed by atoms with Crippen molar-refractivity contribution in [3.05, 3.63) is 35.3 Å². The van der Waals surface area contributed by atoms with Crippen LogP contribution in [0.25, 0.3) is 11.2 Å². The molecule has 1 saturated carbocycles. The van der Waals surface area contributed by atoms with Gasteiger partial charge < -0.3 is 24.2 Å². The Morgan fingerprint density at radius 2 is 2.10 bits per heavy atom. The van der Waals surface area contributed by atoms with Crippen LogP contribution in [0, 0.1) is 23.2 Å². The molecular formula is C27H34F2N9O10P2S+. The van der Waals surface area contributed by atoms with Gasteiger partial charge in [-0.1, -0.05) is 13.8 Å². The number of ether oxygens (including phenoxy) is 1. The van der Waals surface area contributed by atoms with Gasteiger partial charge in [-0.05, 0) is 24.3 Å². The molecule has 51 heavy (non-hydrogen) atoms. The lowest BCUT2D eigenvalue weighted by Gasteiger charge is -2.29. The van der Waals surface area contributed by atoms with Crippen LogP contribution in [0.3, 0.4) is 0 Å². The molecule has 0 radical (unpaired) electrons. The maximum atomic E-state index is 16.0. The van der Waals surface area contributed by atoms with Crippen LogP contribution in [-0.4, -0.2) is 102 Å². The Bertz CT molecular complexity index is 1850. The highest BCUT2D eigenvalue weighted by molar-refractivity contribution is 8.07. The van der Waals surface area contributed by atoms with Crippen molar-refractivity contribution in [1.29, 1.82) is 5.26 Å². The molecule has 19 nitrogen and oxygen atoms in total. The van der Waals surface area contributed by atoms with Crippen molar-refractivity contribution >= 4 is 55.6 Å². The Kier molecular flexibility index (Phi) is 12.8. The van der Waals surface area contributed by atoms with E-state index in [2.05, 4.69) is 35.6 Å². The zero-order valence-electron chi connectivity index (χ0n) is 26.9. The van der Waals surface area contributed by atoms with E-state index in [-0.39, 0.29) is 42.4 Å². The van der Waals surface area contributed by atoms with Crippen LogP contribution in [0.1, 0.15) is 32.9 Å². The van der Waals surface area contributed by atoms with E-state index in [1.807, 2.05) is 6.07 Å². The molecule has 1 amide bonds. The van der Waals surface area contributed by atoms with E-state index < -0.39 is 94.4 Å². The molecule has 0 spiro atoms. The lowest BCUT2D eigenvalue weighted by atomic mass is 10.1.